The topological polar surface area (TPSA) is 26.0 Å². The summed E-state index contributed by atoms with van der Waals surface area (Å²) in [4.78, 5) is 0. The quantitative estimate of drug-likeness (QED) is 0.625. The van der Waals surface area contributed by atoms with E-state index in [0.29, 0.717) is 5.56 Å². The highest BCUT2D eigenvalue weighted by atomic mass is 127. The van der Waals surface area contributed by atoms with Gasteiger partial charge in [-0.2, -0.15) is 13.2 Å². The summed E-state index contributed by atoms with van der Waals surface area (Å²) in [5.74, 6) is 0. The van der Waals surface area contributed by atoms with Crippen LogP contribution in [0.5, 0.6) is 0 Å². The summed E-state index contributed by atoms with van der Waals surface area (Å²) in [6.07, 6.45) is -4.33. The lowest BCUT2D eigenvalue weighted by atomic mass is 9.98. The van der Waals surface area contributed by atoms with Gasteiger partial charge in [-0.25, -0.2) is 0 Å². The van der Waals surface area contributed by atoms with Gasteiger partial charge < -0.3 is 5.73 Å². The van der Waals surface area contributed by atoms with Crippen molar-refractivity contribution in [2.75, 3.05) is 0 Å². The van der Waals surface area contributed by atoms with Crippen LogP contribution in [0.1, 0.15) is 22.7 Å². The third-order valence-electron chi connectivity index (χ3n) is 2.89. The Morgan fingerprint density at radius 3 is 2.20 bits per heavy atom. The lowest BCUT2D eigenvalue weighted by Gasteiger charge is -2.16. The van der Waals surface area contributed by atoms with Gasteiger partial charge in [-0.3, -0.25) is 0 Å². The molecule has 1 unspecified atom stereocenters. The van der Waals surface area contributed by atoms with E-state index < -0.39 is 17.8 Å². The highest BCUT2D eigenvalue weighted by Crippen LogP contribution is 2.31. The van der Waals surface area contributed by atoms with Gasteiger partial charge in [-0.1, -0.05) is 28.1 Å². The van der Waals surface area contributed by atoms with Crippen molar-refractivity contribution in [3.8, 4) is 0 Å². The summed E-state index contributed by atoms with van der Waals surface area (Å²) in [6, 6.07) is 10.2. The van der Waals surface area contributed by atoms with Crippen LogP contribution in [0.3, 0.4) is 0 Å². The minimum Gasteiger partial charge on any atom is -0.320 e. The molecule has 0 fully saturated rings. The fourth-order valence-corrected chi connectivity index (χ4v) is 2.86. The molecule has 1 atom stereocenters. The van der Waals surface area contributed by atoms with E-state index in [2.05, 4.69) is 38.5 Å². The molecule has 0 amide bonds. The van der Waals surface area contributed by atoms with E-state index >= 15 is 0 Å². The Kier molecular flexibility index (Phi) is 4.76. The van der Waals surface area contributed by atoms with Crippen LogP contribution in [0.4, 0.5) is 13.2 Å². The number of nitrogens with two attached hydrogens (primary N) is 1. The van der Waals surface area contributed by atoms with Crippen molar-refractivity contribution < 1.29 is 13.2 Å². The molecule has 0 saturated carbocycles. The molecule has 2 aromatic rings. The molecule has 0 aromatic heterocycles. The molecule has 0 aliphatic heterocycles. The Balaban J connectivity index is 2.34. The summed E-state index contributed by atoms with van der Waals surface area (Å²) in [5.41, 5.74) is 6.99. The average Bonchev–Trinajstić information content (AvgIpc) is 2.40. The van der Waals surface area contributed by atoms with Crippen LogP contribution in [-0.4, -0.2) is 0 Å². The molecule has 0 spiro atoms. The molecule has 0 saturated heterocycles. The van der Waals surface area contributed by atoms with Gasteiger partial charge in [0, 0.05) is 8.04 Å². The second-order valence-corrected chi connectivity index (χ2v) is 6.34. The lowest BCUT2D eigenvalue weighted by Crippen LogP contribution is -2.14. The van der Waals surface area contributed by atoms with E-state index in [0.717, 1.165) is 25.7 Å². The monoisotopic (exact) mass is 455 g/mol. The first-order chi connectivity index (χ1) is 9.29. The van der Waals surface area contributed by atoms with Gasteiger partial charge >= 0.3 is 6.18 Å². The summed E-state index contributed by atoms with van der Waals surface area (Å²) < 4.78 is 39.4. The van der Waals surface area contributed by atoms with E-state index in [-0.39, 0.29) is 0 Å². The Hall–Kier alpha value is -0.600. The predicted octanol–water partition coefficient (Wildman–Crippen LogP) is 5.12. The minimum atomic E-state index is -4.33. The maximum absolute atomic E-state index is 12.5. The van der Waals surface area contributed by atoms with Crippen molar-refractivity contribution in [1.82, 2.24) is 0 Å². The second-order valence-electron chi connectivity index (χ2n) is 4.26. The number of halogens is 5. The minimum absolute atomic E-state index is 0.457. The summed E-state index contributed by atoms with van der Waals surface area (Å²) in [7, 11) is 0. The number of hydrogen-bond acceptors (Lipinski definition) is 1. The van der Waals surface area contributed by atoms with Gasteiger partial charge in [-0.05, 0) is 64.0 Å². The van der Waals surface area contributed by atoms with E-state index in [9.17, 15) is 13.2 Å². The van der Waals surface area contributed by atoms with Gasteiger partial charge in [0.05, 0.1) is 11.6 Å². The molecule has 0 aliphatic carbocycles. The number of rotatable bonds is 2. The molecule has 1 nitrogen and oxygen atoms in total. The van der Waals surface area contributed by atoms with Crippen LogP contribution >= 0.6 is 38.5 Å². The zero-order chi connectivity index (χ0) is 14.9. The molecular weight excluding hydrogens is 446 g/mol. The molecule has 20 heavy (non-hydrogen) atoms. The molecule has 2 rings (SSSR count). The molecule has 0 heterocycles. The molecule has 0 aliphatic rings. The van der Waals surface area contributed by atoms with Crippen LogP contribution in [0, 0.1) is 3.57 Å². The maximum Gasteiger partial charge on any atom is 0.416 e. The Labute approximate surface area is 136 Å². The third-order valence-corrected chi connectivity index (χ3v) is 4.37. The smallest absolute Gasteiger partial charge is 0.320 e. The standard InChI is InChI=1S/C14H10BrF3IN/c15-10-5-6-12(19)11(7-10)13(20)8-1-3-9(4-2-8)14(16,17)18/h1-7,13H,20H2. The van der Waals surface area contributed by atoms with Crippen molar-refractivity contribution >= 4 is 38.5 Å². The Morgan fingerprint density at radius 2 is 1.65 bits per heavy atom. The number of benzene rings is 2. The number of hydrogen-bond donors (Lipinski definition) is 1. The predicted molar refractivity (Wildman–Crippen MR) is 84.3 cm³/mol. The molecule has 0 bridgehead atoms. The zero-order valence-corrected chi connectivity index (χ0v) is 13.8. The van der Waals surface area contributed by atoms with Crippen molar-refractivity contribution in [3.63, 3.8) is 0 Å². The fraction of sp³-hybridized carbons (Fsp3) is 0.143. The molecule has 106 valence electrons. The summed E-state index contributed by atoms with van der Waals surface area (Å²) in [5, 5.41) is 0. The highest BCUT2D eigenvalue weighted by molar-refractivity contribution is 14.1. The first-order valence-corrected chi connectivity index (χ1v) is 7.54. The molecule has 0 radical (unpaired) electrons. The van der Waals surface area contributed by atoms with E-state index in [1.54, 1.807) is 0 Å². The van der Waals surface area contributed by atoms with Crippen LogP contribution in [0.2, 0.25) is 0 Å². The van der Waals surface area contributed by atoms with Crippen molar-refractivity contribution in [3.05, 3.63) is 67.2 Å². The van der Waals surface area contributed by atoms with Crippen LogP contribution in [0.25, 0.3) is 0 Å². The first-order valence-electron chi connectivity index (χ1n) is 5.66. The lowest BCUT2D eigenvalue weighted by molar-refractivity contribution is -0.137. The third kappa shape index (κ3) is 3.53. The normalized spacial score (nSPS) is 13.3. The van der Waals surface area contributed by atoms with E-state index in [4.69, 9.17) is 5.73 Å². The highest BCUT2D eigenvalue weighted by Gasteiger charge is 2.30. The summed E-state index contributed by atoms with van der Waals surface area (Å²) >= 11 is 5.52. The number of alkyl halides is 3. The molecule has 2 N–H and O–H groups in total. The first kappa shape index (κ1) is 15.8. The molecule has 2 aromatic carbocycles. The summed E-state index contributed by atoms with van der Waals surface area (Å²) in [6.45, 7) is 0. The van der Waals surface area contributed by atoms with Gasteiger partial charge in [0.1, 0.15) is 0 Å². The van der Waals surface area contributed by atoms with Crippen molar-refractivity contribution in [2.45, 2.75) is 12.2 Å². The van der Waals surface area contributed by atoms with Gasteiger partial charge in [0.25, 0.3) is 0 Å². The Bertz CT molecular complexity index is 611. The van der Waals surface area contributed by atoms with Gasteiger partial charge in [0.15, 0.2) is 0 Å². The second kappa shape index (κ2) is 6.03. The largest absolute Gasteiger partial charge is 0.416 e. The Morgan fingerprint density at radius 1 is 1.05 bits per heavy atom. The molecule has 6 heteroatoms. The van der Waals surface area contributed by atoms with Gasteiger partial charge in [0.2, 0.25) is 0 Å². The van der Waals surface area contributed by atoms with Crippen LogP contribution < -0.4 is 5.73 Å². The van der Waals surface area contributed by atoms with Crippen molar-refractivity contribution in [2.24, 2.45) is 5.73 Å². The molecular formula is C14H10BrF3IN. The average molecular weight is 456 g/mol. The van der Waals surface area contributed by atoms with E-state index in [1.165, 1.54) is 12.1 Å². The van der Waals surface area contributed by atoms with Crippen molar-refractivity contribution in [1.29, 1.82) is 0 Å². The SMILES string of the molecule is NC(c1ccc(C(F)(F)F)cc1)c1cc(Br)ccc1I. The van der Waals surface area contributed by atoms with Crippen LogP contribution in [0.15, 0.2) is 46.9 Å². The van der Waals surface area contributed by atoms with E-state index in [1.807, 2.05) is 18.2 Å². The fourth-order valence-electron chi connectivity index (χ4n) is 1.81. The zero-order valence-electron chi connectivity index (χ0n) is 10.1. The van der Waals surface area contributed by atoms with Gasteiger partial charge in [-0.15, -0.1) is 0 Å². The maximum atomic E-state index is 12.5. The van der Waals surface area contributed by atoms with Crippen LogP contribution in [-0.2, 0) is 6.18 Å².